The molecule has 1 aliphatic rings. The molecule has 1 saturated carbocycles. The fraction of sp³-hybridized carbons (Fsp3) is 0.714. The molecule has 0 atom stereocenters. The highest BCUT2D eigenvalue weighted by Gasteiger charge is 2.20. The maximum Gasteiger partial charge on any atom is 0.191 e. The fourth-order valence-electron chi connectivity index (χ4n) is 1.90. The van der Waals surface area contributed by atoms with Crippen LogP contribution in [0.4, 0.5) is 0 Å². The van der Waals surface area contributed by atoms with Crippen LogP contribution in [0, 0.1) is 19.8 Å². The van der Waals surface area contributed by atoms with E-state index in [1.54, 1.807) is 11.3 Å². The Balaban J connectivity index is 0.00000200. The number of halogens is 1. The molecule has 0 radical (unpaired) electrons. The van der Waals surface area contributed by atoms with Crippen molar-refractivity contribution in [2.24, 2.45) is 10.9 Å². The molecule has 2 rings (SSSR count). The normalized spacial score (nSPS) is 14.8. The number of aromatic nitrogens is 1. The number of nitrogens with zero attached hydrogens (tertiary/aromatic N) is 2. The molecule has 0 aromatic carbocycles. The molecule has 20 heavy (non-hydrogen) atoms. The first kappa shape index (κ1) is 17.7. The molecule has 0 amide bonds. The molecule has 0 unspecified atom stereocenters. The summed E-state index contributed by atoms with van der Waals surface area (Å²) in [6.07, 6.45) is 4.08. The van der Waals surface area contributed by atoms with Crippen LogP contribution < -0.4 is 10.6 Å². The number of hydrogen-bond acceptors (Lipinski definition) is 3. The van der Waals surface area contributed by atoms with Gasteiger partial charge in [0.25, 0.3) is 0 Å². The number of guanidine groups is 1. The molecule has 4 nitrogen and oxygen atoms in total. The number of aryl methyl sites for hydroxylation is 2. The van der Waals surface area contributed by atoms with E-state index in [2.05, 4.69) is 41.4 Å². The highest BCUT2D eigenvalue weighted by molar-refractivity contribution is 14.0. The minimum absolute atomic E-state index is 0. The summed E-state index contributed by atoms with van der Waals surface area (Å²) in [4.78, 5) is 10.4. The van der Waals surface area contributed by atoms with Gasteiger partial charge in [0.05, 0.1) is 12.2 Å². The Morgan fingerprint density at radius 3 is 2.65 bits per heavy atom. The summed E-state index contributed by atoms with van der Waals surface area (Å²) in [5, 5.41) is 7.78. The summed E-state index contributed by atoms with van der Waals surface area (Å²) in [5.74, 6) is 1.87. The zero-order valence-electron chi connectivity index (χ0n) is 12.5. The van der Waals surface area contributed by atoms with Crippen molar-refractivity contribution in [3.8, 4) is 0 Å². The maximum absolute atomic E-state index is 4.60. The van der Waals surface area contributed by atoms with Crippen molar-refractivity contribution in [1.82, 2.24) is 15.6 Å². The van der Waals surface area contributed by atoms with Crippen molar-refractivity contribution in [3.05, 3.63) is 15.6 Å². The number of aliphatic imine (C=N–C) groups is 1. The average molecular weight is 408 g/mol. The van der Waals surface area contributed by atoms with E-state index in [-0.39, 0.29) is 24.0 Å². The minimum atomic E-state index is 0. The van der Waals surface area contributed by atoms with Crippen molar-refractivity contribution in [3.63, 3.8) is 0 Å². The zero-order chi connectivity index (χ0) is 13.7. The first-order valence-electron chi connectivity index (χ1n) is 7.14. The lowest BCUT2D eigenvalue weighted by atomic mass is 10.3. The average Bonchev–Trinajstić information content (AvgIpc) is 3.14. The van der Waals surface area contributed by atoms with Crippen LogP contribution in [0.5, 0.6) is 0 Å². The lowest BCUT2D eigenvalue weighted by Gasteiger charge is -2.10. The third-order valence-electron chi connectivity index (χ3n) is 3.33. The highest BCUT2D eigenvalue weighted by Crippen LogP contribution is 2.31. The van der Waals surface area contributed by atoms with Crippen molar-refractivity contribution in [2.75, 3.05) is 13.1 Å². The lowest BCUT2D eigenvalue weighted by molar-refractivity contribution is 0.685. The Labute approximate surface area is 142 Å². The van der Waals surface area contributed by atoms with Gasteiger partial charge in [0.1, 0.15) is 5.01 Å². The van der Waals surface area contributed by atoms with Crippen molar-refractivity contribution in [2.45, 2.75) is 46.6 Å². The van der Waals surface area contributed by atoms with Gasteiger partial charge in [-0.2, -0.15) is 0 Å². The maximum atomic E-state index is 4.60. The molecule has 1 aromatic heterocycles. The molecular formula is C14H25IN4S. The van der Waals surface area contributed by atoms with Crippen LogP contribution in [-0.4, -0.2) is 24.0 Å². The molecule has 6 heteroatoms. The first-order valence-corrected chi connectivity index (χ1v) is 7.95. The molecule has 0 bridgehead atoms. The van der Waals surface area contributed by atoms with Gasteiger partial charge >= 0.3 is 0 Å². The van der Waals surface area contributed by atoms with Gasteiger partial charge in [0, 0.05) is 18.0 Å². The molecule has 0 spiro atoms. The summed E-state index contributed by atoms with van der Waals surface area (Å²) >= 11 is 1.74. The predicted molar refractivity (Wildman–Crippen MR) is 97.2 cm³/mol. The van der Waals surface area contributed by atoms with E-state index >= 15 is 0 Å². The van der Waals surface area contributed by atoms with Crippen molar-refractivity contribution >= 4 is 41.3 Å². The molecule has 1 aromatic rings. The van der Waals surface area contributed by atoms with E-state index in [0.29, 0.717) is 6.54 Å². The smallest absolute Gasteiger partial charge is 0.191 e. The second kappa shape index (κ2) is 8.81. The van der Waals surface area contributed by atoms with Crippen LogP contribution in [-0.2, 0) is 6.54 Å². The van der Waals surface area contributed by atoms with Crippen LogP contribution in [0.1, 0.15) is 41.8 Å². The van der Waals surface area contributed by atoms with Crippen LogP contribution in [0.3, 0.4) is 0 Å². The van der Waals surface area contributed by atoms with Crippen LogP contribution in [0.2, 0.25) is 0 Å². The molecule has 0 saturated heterocycles. The van der Waals surface area contributed by atoms with Crippen LogP contribution in [0.15, 0.2) is 4.99 Å². The van der Waals surface area contributed by atoms with Gasteiger partial charge in [-0.3, -0.25) is 0 Å². The Morgan fingerprint density at radius 1 is 1.35 bits per heavy atom. The molecule has 1 aliphatic carbocycles. The topological polar surface area (TPSA) is 49.3 Å². The number of nitrogens with one attached hydrogen (secondary N) is 2. The van der Waals surface area contributed by atoms with Gasteiger partial charge in [-0.15, -0.1) is 35.3 Å². The Kier molecular flexibility index (Phi) is 7.79. The molecule has 114 valence electrons. The summed E-state index contributed by atoms with van der Waals surface area (Å²) in [7, 11) is 0. The predicted octanol–water partition coefficient (Wildman–Crippen LogP) is 3.23. The summed E-state index contributed by atoms with van der Waals surface area (Å²) in [5.41, 5.74) is 1.13. The molecule has 1 heterocycles. The Bertz CT molecular complexity index is 421. The van der Waals surface area contributed by atoms with Crippen LogP contribution in [0.25, 0.3) is 0 Å². The summed E-state index contributed by atoms with van der Waals surface area (Å²) < 4.78 is 0. The van der Waals surface area contributed by atoms with Gasteiger partial charge in [-0.25, -0.2) is 9.98 Å². The van der Waals surface area contributed by atoms with E-state index in [9.17, 15) is 0 Å². The standard InChI is InChI=1S/C14H24N4S.HI/c1-4-15-14(16-8-7-12-5-6-12)17-9-13-18-10(2)11(3)19-13;/h12H,4-9H2,1-3H3,(H2,15,16,17);1H. The van der Waals surface area contributed by atoms with Crippen LogP contribution >= 0.6 is 35.3 Å². The second-order valence-corrected chi connectivity index (χ2v) is 6.39. The molecule has 0 aliphatic heterocycles. The van der Waals surface area contributed by atoms with E-state index in [1.807, 2.05) is 0 Å². The van der Waals surface area contributed by atoms with E-state index < -0.39 is 0 Å². The minimum Gasteiger partial charge on any atom is -0.357 e. The number of rotatable bonds is 6. The fourth-order valence-corrected chi connectivity index (χ4v) is 2.75. The molecule has 1 fully saturated rings. The Morgan fingerprint density at radius 2 is 2.10 bits per heavy atom. The quantitative estimate of drug-likeness (QED) is 0.432. The largest absolute Gasteiger partial charge is 0.357 e. The number of hydrogen-bond donors (Lipinski definition) is 2. The second-order valence-electron chi connectivity index (χ2n) is 5.10. The van der Waals surface area contributed by atoms with Crippen molar-refractivity contribution < 1.29 is 0 Å². The third-order valence-corrected chi connectivity index (χ3v) is 4.39. The molecule has 2 N–H and O–H groups in total. The van der Waals surface area contributed by atoms with E-state index in [0.717, 1.165) is 35.7 Å². The van der Waals surface area contributed by atoms with Gasteiger partial charge in [0.15, 0.2) is 5.96 Å². The van der Waals surface area contributed by atoms with E-state index in [4.69, 9.17) is 0 Å². The van der Waals surface area contributed by atoms with E-state index in [1.165, 1.54) is 24.1 Å². The van der Waals surface area contributed by atoms with Gasteiger partial charge in [-0.05, 0) is 33.1 Å². The lowest BCUT2D eigenvalue weighted by Crippen LogP contribution is -2.37. The highest BCUT2D eigenvalue weighted by atomic mass is 127. The number of thiazole rings is 1. The molecular weight excluding hydrogens is 383 g/mol. The Hall–Kier alpha value is -0.370. The first-order chi connectivity index (χ1) is 9.19. The SMILES string of the molecule is CCNC(=NCc1nc(C)c(C)s1)NCCC1CC1.I. The monoisotopic (exact) mass is 408 g/mol. The van der Waals surface area contributed by atoms with Gasteiger partial charge < -0.3 is 10.6 Å². The van der Waals surface area contributed by atoms with Crippen molar-refractivity contribution in [1.29, 1.82) is 0 Å². The summed E-state index contributed by atoms with van der Waals surface area (Å²) in [6, 6.07) is 0. The van der Waals surface area contributed by atoms with Gasteiger partial charge in [-0.1, -0.05) is 12.8 Å². The summed E-state index contributed by atoms with van der Waals surface area (Å²) in [6.45, 7) is 8.84. The van der Waals surface area contributed by atoms with Gasteiger partial charge in [0.2, 0.25) is 0 Å². The zero-order valence-corrected chi connectivity index (χ0v) is 15.7. The third kappa shape index (κ3) is 5.95.